The van der Waals surface area contributed by atoms with E-state index in [1.165, 1.54) is 65.9 Å². The molecule has 6 heteroatoms. The molecule has 10 rings (SSSR count). The van der Waals surface area contributed by atoms with Crippen molar-refractivity contribution in [2.45, 2.75) is 18.3 Å². The van der Waals surface area contributed by atoms with Crippen LogP contribution in [0.5, 0.6) is 11.5 Å². The van der Waals surface area contributed by atoms with E-state index in [-0.39, 0.29) is 25.0 Å². The maximum absolute atomic E-state index is 6.44. The molecule has 0 unspecified atom stereocenters. The third-order valence-corrected chi connectivity index (χ3v) is 12.8. The zero-order valence-corrected chi connectivity index (χ0v) is 36.0. The Balaban J connectivity index is 1.16. The van der Waals surface area contributed by atoms with E-state index in [1.807, 2.05) is 0 Å². The quantitative estimate of drug-likeness (QED) is 0.115. The van der Waals surface area contributed by atoms with Crippen LogP contribution in [0.2, 0.25) is 0 Å². The predicted octanol–water partition coefficient (Wildman–Crippen LogP) is 11.6. The monoisotopic (exact) mass is 820 g/mol. The van der Waals surface area contributed by atoms with Gasteiger partial charge in [0, 0.05) is 120 Å². The molecule has 0 fully saturated rings. The third kappa shape index (κ3) is 6.91. The van der Waals surface area contributed by atoms with Crippen molar-refractivity contribution in [3.63, 3.8) is 0 Å². The minimum absolute atomic E-state index is 0.160. The second kappa shape index (κ2) is 16.2. The van der Waals surface area contributed by atoms with Crippen molar-refractivity contribution < 1.29 is 9.47 Å². The topological polar surface area (TPSA) is 38.2 Å². The molecule has 0 bridgehead atoms. The lowest BCUT2D eigenvalue weighted by atomic mass is 9.82. The van der Waals surface area contributed by atoms with Gasteiger partial charge in [-0.3, -0.25) is 0 Å². The minimum Gasteiger partial charge on any atom is -0.481 e. The molecule has 0 radical (unpaired) electrons. The molecule has 63 heavy (non-hydrogen) atoms. The van der Waals surface area contributed by atoms with Gasteiger partial charge >= 0.3 is 0 Å². The summed E-state index contributed by atoms with van der Waals surface area (Å²) in [4.78, 5) is 0. The van der Waals surface area contributed by atoms with Crippen molar-refractivity contribution in [1.82, 2.24) is 18.3 Å². The van der Waals surface area contributed by atoms with Crippen LogP contribution in [0.25, 0.3) is 43.6 Å². The molecule has 10 aromatic rings. The number of nitrogens with zero attached hydrogens (tertiary/aromatic N) is 4. The Bertz CT molecular complexity index is 3040. The zero-order chi connectivity index (χ0) is 43.2. The third-order valence-electron chi connectivity index (χ3n) is 12.8. The molecule has 0 aliphatic heterocycles. The number of benzene rings is 6. The van der Waals surface area contributed by atoms with E-state index in [4.69, 9.17) is 22.3 Å². The van der Waals surface area contributed by atoms with E-state index in [9.17, 15) is 0 Å². The van der Waals surface area contributed by atoms with Gasteiger partial charge in [-0.05, 0) is 76.2 Å². The average Bonchev–Trinajstić information content (AvgIpc) is 4.04. The summed E-state index contributed by atoms with van der Waals surface area (Å²) in [5, 5.41) is 4.80. The van der Waals surface area contributed by atoms with Gasteiger partial charge in [-0.25, -0.2) is 0 Å². The predicted molar refractivity (Wildman–Crippen MR) is 258 cm³/mol. The second-order valence-corrected chi connectivity index (χ2v) is 16.6. The highest BCUT2D eigenvalue weighted by atomic mass is 16.5. The van der Waals surface area contributed by atoms with Crippen LogP contribution in [0.1, 0.15) is 56.3 Å². The molecule has 0 aliphatic rings. The Morgan fingerprint density at radius 3 is 1.02 bits per heavy atom. The molecule has 0 saturated carbocycles. The van der Waals surface area contributed by atoms with Gasteiger partial charge in [0.25, 0.3) is 0 Å². The lowest BCUT2D eigenvalue weighted by molar-refractivity contribution is 0.365. The second-order valence-electron chi connectivity index (χ2n) is 16.6. The number of hydrogen-bond donors (Lipinski definition) is 0. The molecular weight excluding hydrogens is 773 g/mol. The van der Waals surface area contributed by atoms with Crippen molar-refractivity contribution in [3.05, 3.63) is 203 Å². The summed E-state index contributed by atoms with van der Waals surface area (Å²) in [7, 11) is 8.49. The van der Waals surface area contributed by atoms with Crippen LogP contribution >= 0.6 is 0 Å². The lowest BCUT2D eigenvalue weighted by Gasteiger charge is -2.23. The fraction of sp³-hybridized carbons (Fsp3) is 0.158. The van der Waals surface area contributed by atoms with Crippen molar-refractivity contribution in [2.24, 2.45) is 28.2 Å². The summed E-state index contributed by atoms with van der Waals surface area (Å²) >= 11 is 0. The lowest BCUT2D eigenvalue weighted by Crippen LogP contribution is -2.09. The number of fused-ring (bicyclic) bond motifs is 4. The van der Waals surface area contributed by atoms with E-state index in [0.717, 1.165) is 33.8 Å². The van der Waals surface area contributed by atoms with Gasteiger partial charge < -0.3 is 27.7 Å². The number of aromatic nitrogens is 4. The molecule has 0 N–H and O–H groups in total. The zero-order valence-electron chi connectivity index (χ0n) is 36.0. The molecule has 308 valence electrons. The van der Waals surface area contributed by atoms with Crippen LogP contribution in [-0.4, -0.2) is 31.5 Å². The van der Waals surface area contributed by atoms with E-state index < -0.39 is 0 Å². The normalized spacial score (nSPS) is 11.6. The highest BCUT2D eigenvalue weighted by molar-refractivity contribution is 5.91. The number of hydrogen-bond acceptors (Lipinski definition) is 2. The number of ether oxygens (including phenoxy) is 2. The van der Waals surface area contributed by atoms with Crippen molar-refractivity contribution in [1.29, 1.82) is 0 Å². The summed E-state index contributed by atoms with van der Waals surface area (Å²) in [6, 6.07) is 47.7. The summed E-state index contributed by atoms with van der Waals surface area (Å²) in [5.74, 6) is 6.65. The van der Waals surface area contributed by atoms with Crippen molar-refractivity contribution >= 4 is 43.6 Å². The molecular formula is C57H48N4O2. The van der Waals surface area contributed by atoms with Crippen LogP contribution in [0.4, 0.5) is 0 Å². The Morgan fingerprint density at radius 1 is 0.413 bits per heavy atom. The molecule has 0 amide bonds. The van der Waals surface area contributed by atoms with Gasteiger partial charge in [-0.1, -0.05) is 109 Å². The van der Waals surface area contributed by atoms with E-state index in [0.29, 0.717) is 6.42 Å². The summed E-state index contributed by atoms with van der Waals surface area (Å²) in [6.45, 7) is 0.326. The average molecular weight is 821 g/mol. The van der Waals surface area contributed by atoms with E-state index in [2.05, 4.69) is 217 Å². The molecule has 0 aliphatic carbocycles. The van der Waals surface area contributed by atoms with Gasteiger partial charge in [0.2, 0.25) is 0 Å². The van der Waals surface area contributed by atoms with Gasteiger partial charge in [-0.2, -0.15) is 0 Å². The highest BCUT2D eigenvalue weighted by Crippen LogP contribution is 2.46. The van der Waals surface area contributed by atoms with Crippen LogP contribution in [0, 0.1) is 24.7 Å². The Labute approximate surface area is 368 Å². The largest absolute Gasteiger partial charge is 0.481 e. The number of terminal acetylenes is 2. The maximum Gasteiger partial charge on any atom is 0.148 e. The van der Waals surface area contributed by atoms with Crippen LogP contribution in [-0.2, 0) is 34.6 Å². The fourth-order valence-corrected chi connectivity index (χ4v) is 10.0. The minimum atomic E-state index is -0.160. The van der Waals surface area contributed by atoms with Gasteiger partial charge in [0.1, 0.15) is 24.7 Å². The standard InChI is InChI=1S/C57H48N4O2/c1-7-29-62-54-27-25-38(32-44(54)56(46-34-58(3)50-21-13-9-17-40(46)50)47-35-59(4)51-22-14-10-18-41(47)51)31-39-26-28-55(63-30-8-2)45(33-39)57(48-36-60(5)52-23-15-11-19-42(48)52)49-37-61(6)53-24-16-12-20-43(49)53/h1-2,9-28,32-37,56-57H,29-31H2,3-6H3. The van der Waals surface area contributed by atoms with Crippen molar-refractivity contribution in [3.8, 4) is 36.2 Å². The molecule has 6 nitrogen and oxygen atoms in total. The Kier molecular flexibility index (Phi) is 10.1. The maximum atomic E-state index is 6.44. The van der Waals surface area contributed by atoms with E-state index in [1.54, 1.807) is 0 Å². The van der Waals surface area contributed by atoms with Gasteiger partial charge in [0.15, 0.2) is 0 Å². The van der Waals surface area contributed by atoms with Crippen molar-refractivity contribution in [2.75, 3.05) is 13.2 Å². The Hall–Kier alpha value is -7.80. The molecule has 4 heterocycles. The fourth-order valence-electron chi connectivity index (χ4n) is 10.0. The summed E-state index contributed by atoms with van der Waals surface area (Å²) in [6.07, 6.45) is 21.4. The number of rotatable bonds is 12. The van der Waals surface area contributed by atoms with E-state index >= 15 is 0 Å². The molecule has 6 aromatic carbocycles. The first-order valence-electron chi connectivity index (χ1n) is 21.4. The van der Waals surface area contributed by atoms with Gasteiger partial charge in [-0.15, -0.1) is 12.8 Å². The molecule has 0 saturated heterocycles. The smallest absolute Gasteiger partial charge is 0.148 e. The van der Waals surface area contributed by atoms with Crippen LogP contribution < -0.4 is 9.47 Å². The van der Waals surface area contributed by atoms with Crippen LogP contribution in [0.15, 0.2) is 158 Å². The molecule has 0 atom stereocenters. The highest BCUT2D eigenvalue weighted by Gasteiger charge is 2.30. The molecule has 4 aromatic heterocycles. The Morgan fingerprint density at radius 2 is 0.714 bits per heavy atom. The number of aryl methyl sites for hydroxylation is 4. The first kappa shape index (κ1) is 39.3. The first-order valence-corrected chi connectivity index (χ1v) is 21.4. The number of para-hydroxylation sites is 4. The molecule has 0 spiro atoms. The summed E-state index contributed by atoms with van der Waals surface area (Å²) < 4.78 is 21.8. The van der Waals surface area contributed by atoms with Gasteiger partial charge in [0.05, 0.1) is 0 Å². The first-order chi connectivity index (χ1) is 30.8. The SMILES string of the molecule is C#CCOc1ccc(Cc2ccc(OCC#C)c(C(c3cn(C)c4ccccc34)c3cn(C)c4ccccc34)c2)cc1C(c1cn(C)c2ccccc12)c1cn(C)c2ccccc12. The van der Waals surface area contributed by atoms with Crippen LogP contribution in [0.3, 0.4) is 0 Å². The summed E-state index contributed by atoms with van der Waals surface area (Å²) in [5.41, 5.74) is 13.9.